The second kappa shape index (κ2) is 10.2. The van der Waals surface area contributed by atoms with Gasteiger partial charge in [-0.1, -0.05) is 48.0 Å². The summed E-state index contributed by atoms with van der Waals surface area (Å²) in [6.07, 6.45) is -3.65. The highest BCUT2D eigenvalue weighted by molar-refractivity contribution is 6.31. The average Bonchev–Trinajstić information content (AvgIpc) is 3.25. The lowest BCUT2D eigenvalue weighted by Gasteiger charge is -2.22. The molecule has 0 saturated carbocycles. The number of aromatic nitrogens is 1. The molecule has 0 spiro atoms. The third kappa shape index (κ3) is 6.06. The van der Waals surface area contributed by atoms with Gasteiger partial charge in [0.05, 0.1) is 16.6 Å². The number of ether oxygens (including phenoxy) is 1. The van der Waals surface area contributed by atoms with Gasteiger partial charge in [0.1, 0.15) is 0 Å². The maximum absolute atomic E-state index is 13.1. The number of halogens is 4. The summed E-state index contributed by atoms with van der Waals surface area (Å²) < 4.78 is 45.1. The van der Waals surface area contributed by atoms with Crippen LogP contribution < -0.4 is 9.62 Å². The van der Waals surface area contributed by atoms with Crippen LogP contribution in [0.2, 0.25) is 5.02 Å². The molecule has 6 nitrogen and oxygen atoms in total. The average molecular weight is 532 g/mol. The molecule has 0 aliphatic heterocycles. The molecule has 0 amide bonds. The monoisotopic (exact) mass is 531 g/mol. The summed E-state index contributed by atoms with van der Waals surface area (Å²) in [5, 5.41) is 1.19. The number of fused-ring (bicyclic) bond motifs is 1. The number of Topliss-reactive ketones (excluding diaryl/α,β-unsaturated/α-hetero) is 1. The number of rotatable bonds is 8. The van der Waals surface area contributed by atoms with Gasteiger partial charge in [-0.15, -0.1) is 13.2 Å². The van der Waals surface area contributed by atoms with Gasteiger partial charge in [0.15, 0.2) is 11.5 Å². The van der Waals surface area contributed by atoms with Crippen LogP contribution in [0.15, 0.2) is 79.0 Å². The Morgan fingerprint density at radius 1 is 0.946 bits per heavy atom. The molecule has 4 rings (SSSR count). The Bertz CT molecular complexity index is 1460. The molecule has 0 aliphatic carbocycles. The molecule has 1 aromatic heterocycles. The highest BCUT2D eigenvalue weighted by Crippen LogP contribution is 2.39. The van der Waals surface area contributed by atoms with Crippen molar-refractivity contribution in [3.05, 3.63) is 89.6 Å². The van der Waals surface area contributed by atoms with Gasteiger partial charge in [0.25, 0.3) is 0 Å². The number of ketones is 1. The van der Waals surface area contributed by atoms with E-state index in [9.17, 15) is 22.8 Å². The zero-order chi connectivity index (χ0) is 26.8. The molecule has 4 aromatic rings. The van der Waals surface area contributed by atoms with Crippen molar-refractivity contribution in [2.45, 2.75) is 26.6 Å². The van der Waals surface area contributed by atoms with Crippen molar-refractivity contribution in [3.63, 3.8) is 0 Å². The van der Waals surface area contributed by atoms with Gasteiger partial charge in [0.2, 0.25) is 5.75 Å². The van der Waals surface area contributed by atoms with Crippen molar-refractivity contribution >= 4 is 34.3 Å². The zero-order valence-electron chi connectivity index (χ0n) is 19.7. The second-order valence-electron chi connectivity index (χ2n) is 8.85. The van der Waals surface area contributed by atoms with Gasteiger partial charge < -0.3 is 9.30 Å². The minimum absolute atomic E-state index is 0.142. The van der Waals surface area contributed by atoms with E-state index in [2.05, 4.69) is 4.74 Å². The number of para-hydroxylation sites is 2. The Morgan fingerprint density at radius 2 is 1.68 bits per heavy atom. The number of benzene rings is 3. The standard InChI is InChI=1S/C27H21ClF3NO5/c1-26(2,16-22(33)18-8-5-9-19(28)15-18)25(34)37-36-24-21(11-6-12-23(24)35-27(29,30)31)32-14-13-17-7-3-4-10-20(17)32/h3-15H,16H2,1-2H3. The van der Waals surface area contributed by atoms with Crippen molar-refractivity contribution in [2.75, 3.05) is 0 Å². The fourth-order valence-corrected chi connectivity index (χ4v) is 3.90. The maximum Gasteiger partial charge on any atom is 0.573 e. The van der Waals surface area contributed by atoms with E-state index in [4.69, 9.17) is 21.4 Å². The normalized spacial score (nSPS) is 11.8. The number of nitrogens with zero attached hydrogens (tertiary/aromatic N) is 1. The molecule has 0 radical (unpaired) electrons. The Balaban J connectivity index is 1.62. The largest absolute Gasteiger partial charge is 0.573 e. The van der Waals surface area contributed by atoms with E-state index in [1.54, 1.807) is 47.2 Å². The van der Waals surface area contributed by atoms with Crippen molar-refractivity contribution in [3.8, 4) is 17.2 Å². The number of carbonyl (C=O) groups excluding carboxylic acids is 2. The summed E-state index contributed by atoms with van der Waals surface area (Å²) >= 11 is 5.94. The van der Waals surface area contributed by atoms with E-state index in [1.807, 2.05) is 12.1 Å². The summed E-state index contributed by atoms with van der Waals surface area (Å²) in [6.45, 7) is 2.92. The first-order valence-electron chi connectivity index (χ1n) is 11.1. The van der Waals surface area contributed by atoms with E-state index < -0.39 is 29.2 Å². The lowest BCUT2D eigenvalue weighted by Crippen LogP contribution is -2.30. The topological polar surface area (TPSA) is 66.8 Å². The van der Waals surface area contributed by atoms with E-state index in [-0.39, 0.29) is 17.9 Å². The van der Waals surface area contributed by atoms with E-state index in [1.165, 1.54) is 32.0 Å². The zero-order valence-corrected chi connectivity index (χ0v) is 20.5. The van der Waals surface area contributed by atoms with Gasteiger partial charge in [-0.3, -0.25) is 9.68 Å². The minimum atomic E-state index is -5.03. The quantitative estimate of drug-likeness (QED) is 0.135. The molecule has 1 heterocycles. The Labute approximate surface area is 215 Å². The minimum Gasteiger partial charge on any atom is -0.402 e. The summed E-state index contributed by atoms with van der Waals surface area (Å²) in [6, 6.07) is 19.1. The number of alkyl halides is 3. The molecule has 0 N–H and O–H groups in total. The SMILES string of the molecule is CC(C)(CC(=O)c1cccc(Cl)c1)C(=O)OOc1c(OC(F)(F)F)cccc1-n1ccc2ccccc21. The number of hydrogen-bond acceptors (Lipinski definition) is 5. The molecule has 0 saturated heterocycles. The van der Waals surface area contributed by atoms with E-state index in [0.717, 1.165) is 11.5 Å². The van der Waals surface area contributed by atoms with Crippen LogP contribution >= 0.6 is 11.6 Å². The predicted molar refractivity (Wildman–Crippen MR) is 131 cm³/mol. The van der Waals surface area contributed by atoms with Crippen molar-refractivity contribution in [2.24, 2.45) is 5.41 Å². The number of hydrogen-bond donors (Lipinski definition) is 0. The molecule has 37 heavy (non-hydrogen) atoms. The Kier molecular flexibility index (Phi) is 7.18. The van der Waals surface area contributed by atoms with Crippen LogP contribution in [0.1, 0.15) is 30.6 Å². The molecule has 0 fully saturated rings. The fraction of sp³-hybridized carbons (Fsp3) is 0.185. The van der Waals surface area contributed by atoms with Crippen molar-refractivity contribution in [1.29, 1.82) is 0 Å². The summed E-state index contributed by atoms with van der Waals surface area (Å²) in [4.78, 5) is 35.8. The van der Waals surface area contributed by atoms with Crippen LogP contribution in [-0.2, 0) is 9.68 Å². The Hall–Kier alpha value is -3.98. The van der Waals surface area contributed by atoms with E-state index >= 15 is 0 Å². The second-order valence-corrected chi connectivity index (χ2v) is 9.28. The third-order valence-electron chi connectivity index (χ3n) is 5.55. The molecular weight excluding hydrogens is 511 g/mol. The van der Waals surface area contributed by atoms with Crippen LogP contribution in [-0.4, -0.2) is 22.7 Å². The first-order chi connectivity index (χ1) is 17.4. The highest BCUT2D eigenvalue weighted by atomic mass is 35.5. The summed E-state index contributed by atoms with van der Waals surface area (Å²) in [5.74, 6) is -2.51. The first kappa shape index (κ1) is 26.1. The van der Waals surface area contributed by atoms with Gasteiger partial charge >= 0.3 is 12.3 Å². The lowest BCUT2D eigenvalue weighted by atomic mass is 9.86. The van der Waals surface area contributed by atoms with Crippen LogP contribution in [0, 0.1) is 5.41 Å². The van der Waals surface area contributed by atoms with Crippen LogP contribution in [0.4, 0.5) is 13.2 Å². The Morgan fingerprint density at radius 3 is 2.41 bits per heavy atom. The van der Waals surface area contributed by atoms with E-state index in [0.29, 0.717) is 16.1 Å². The van der Waals surface area contributed by atoms with Gasteiger partial charge in [-0.25, -0.2) is 9.68 Å². The number of carbonyl (C=O) groups is 2. The molecule has 10 heteroatoms. The van der Waals surface area contributed by atoms with Crippen LogP contribution in [0.3, 0.4) is 0 Å². The molecule has 0 aliphatic rings. The van der Waals surface area contributed by atoms with Gasteiger partial charge in [0, 0.05) is 23.2 Å². The third-order valence-corrected chi connectivity index (χ3v) is 5.78. The lowest BCUT2D eigenvalue weighted by molar-refractivity contribution is -0.277. The molecule has 192 valence electrons. The summed E-state index contributed by atoms with van der Waals surface area (Å²) in [5.41, 5.74) is -0.252. The summed E-state index contributed by atoms with van der Waals surface area (Å²) in [7, 11) is 0. The molecule has 0 atom stereocenters. The van der Waals surface area contributed by atoms with Crippen LogP contribution in [0.25, 0.3) is 16.6 Å². The fourth-order valence-electron chi connectivity index (χ4n) is 3.71. The predicted octanol–water partition coefficient (Wildman–Crippen LogP) is 7.32. The molecule has 3 aromatic carbocycles. The van der Waals surface area contributed by atoms with Gasteiger partial charge in [-0.2, -0.15) is 0 Å². The molecule has 0 bridgehead atoms. The molecular formula is C27H21ClF3NO5. The smallest absolute Gasteiger partial charge is 0.402 e. The first-order valence-corrected chi connectivity index (χ1v) is 11.5. The molecule has 0 unspecified atom stereocenters. The highest BCUT2D eigenvalue weighted by Gasteiger charge is 2.36. The van der Waals surface area contributed by atoms with Crippen molar-refractivity contribution < 1.29 is 37.3 Å². The van der Waals surface area contributed by atoms with Crippen LogP contribution in [0.5, 0.6) is 11.5 Å². The van der Waals surface area contributed by atoms with Crippen molar-refractivity contribution in [1.82, 2.24) is 4.57 Å². The maximum atomic E-state index is 13.1. The van der Waals surface area contributed by atoms with Gasteiger partial charge in [-0.05, 0) is 55.6 Å².